The van der Waals surface area contributed by atoms with E-state index in [9.17, 15) is 4.39 Å². The molecule has 2 rings (SSSR count). The van der Waals surface area contributed by atoms with E-state index in [1.807, 2.05) is 24.9 Å². The molecule has 0 saturated carbocycles. The topological polar surface area (TPSA) is 29.9 Å². The van der Waals surface area contributed by atoms with E-state index in [-0.39, 0.29) is 5.82 Å². The molecule has 0 radical (unpaired) electrons. The van der Waals surface area contributed by atoms with Crippen molar-refractivity contribution in [2.75, 3.05) is 5.32 Å². The lowest BCUT2D eigenvalue weighted by Gasteiger charge is -2.05. The van der Waals surface area contributed by atoms with E-state index in [1.54, 1.807) is 12.1 Å². The minimum absolute atomic E-state index is 0.219. The summed E-state index contributed by atoms with van der Waals surface area (Å²) >= 11 is 0. The lowest BCUT2D eigenvalue weighted by atomic mass is 10.2. The third-order valence-electron chi connectivity index (χ3n) is 2.66. The van der Waals surface area contributed by atoms with Gasteiger partial charge in [0.1, 0.15) is 5.82 Å². The van der Waals surface area contributed by atoms with Crippen molar-refractivity contribution in [1.82, 2.24) is 9.78 Å². The molecule has 84 valence electrons. The fourth-order valence-corrected chi connectivity index (χ4v) is 1.48. The van der Waals surface area contributed by atoms with Crippen LogP contribution < -0.4 is 5.32 Å². The first-order valence-electron chi connectivity index (χ1n) is 5.14. The zero-order valence-corrected chi connectivity index (χ0v) is 9.37. The number of nitrogens with one attached hydrogen (secondary N) is 1. The predicted molar refractivity (Wildman–Crippen MR) is 61.7 cm³/mol. The van der Waals surface area contributed by atoms with Crippen LogP contribution in [0.2, 0.25) is 0 Å². The number of aromatic nitrogens is 2. The lowest BCUT2D eigenvalue weighted by molar-refractivity contribution is 0.628. The molecule has 0 bridgehead atoms. The molecule has 2 aromatic rings. The van der Waals surface area contributed by atoms with Crippen molar-refractivity contribution < 1.29 is 4.39 Å². The van der Waals surface area contributed by atoms with Crippen molar-refractivity contribution in [3.8, 4) is 0 Å². The molecule has 4 heteroatoms. The minimum Gasteiger partial charge on any atom is -0.381 e. The normalized spacial score (nSPS) is 10.4. The number of benzene rings is 1. The first kappa shape index (κ1) is 10.7. The molecular formula is C12H14FN3. The Morgan fingerprint density at radius 3 is 2.56 bits per heavy atom. The van der Waals surface area contributed by atoms with Crippen molar-refractivity contribution in [2.24, 2.45) is 7.05 Å². The molecule has 0 aliphatic rings. The standard InChI is InChI=1S/C12H14FN3/c1-9-10(8-15-16(9)2)7-14-12-5-3-11(13)4-6-12/h3-6,8,14H,7H2,1-2H3. The first-order valence-corrected chi connectivity index (χ1v) is 5.14. The van der Waals surface area contributed by atoms with Crippen molar-refractivity contribution in [1.29, 1.82) is 0 Å². The third-order valence-corrected chi connectivity index (χ3v) is 2.66. The average Bonchev–Trinajstić information content (AvgIpc) is 2.60. The summed E-state index contributed by atoms with van der Waals surface area (Å²) in [6, 6.07) is 6.33. The molecule has 0 saturated heterocycles. The van der Waals surface area contributed by atoms with Gasteiger partial charge in [-0.05, 0) is 31.2 Å². The summed E-state index contributed by atoms with van der Waals surface area (Å²) in [7, 11) is 1.91. The highest BCUT2D eigenvalue weighted by molar-refractivity contribution is 5.43. The van der Waals surface area contributed by atoms with E-state index in [2.05, 4.69) is 10.4 Å². The number of nitrogens with zero attached hydrogens (tertiary/aromatic N) is 2. The van der Waals surface area contributed by atoms with Crippen LogP contribution in [0.5, 0.6) is 0 Å². The molecule has 3 nitrogen and oxygen atoms in total. The van der Waals surface area contributed by atoms with Crippen LogP contribution in [0.1, 0.15) is 11.3 Å². The van der Waals surface area contributed by atoms with E-state index < -0.39 is 0 Å². The molecule has 1 aromatic heterocycles. The summed E-state index contributed by atoms with van der Waals surface area (Å²) in [5.41, 5.74) is 3.19. The third kappa shape index (κ3) is 2.21. The van der Waals surface area contributed by atoms with E-state index in [4.69, 9.17) is 0 Å². The van der Waals surface area contributed by atoms with E-state index in [1.165, 1.54) is 12.1 Å². The van der Waals surface area contributed by atoms with Gasteiger partial charge in [-0.15, -0.1) is 0 Å². The Morgan fingerprint density at radius 2 is 2.00 bits per heavy atom. The maximum Gasteiger partial charge on any atom is 0.123 e. The molecule has 0 fully saturated rings. The van der Waals surface area contributed by atoms with Crippen LogP contribution in [0.4, 0.5) is 10.1 Å². The molecule has 0 spiro atoms. The second kappa shape index (κ2) is 4.35. The quantitative estimate of drug-likeness (QED) is 0.859. The van der Waals surface area contributed by atoms with Gasteiger partial charge in [-0.1, -0.05) is 0 Å². The molecule has 0 atom stereocenters. The van der Waals surface area contributed by atoms with Gasteiger partial charge in [0.05, 0.1) is 6.20 Å². The van der Waals surface area contributed by atoms with Gasteiger partial charge in [0.15, 0.2) is 0 Å². The second-order valence-corrected chi connectivity index (χ2v) is 3.74. The molecule has 1 N–H and O–H groups in total. The Bertz CT molecular complexity index is 474. The van der Waals surface area contributed by atoms with Crippen LogP contribution in [0.25, 0.3) is 0 Å². The molecule has 0 aliphatic heterocycles. The smallest absolute Gasteiger partial charge is 0.123 e. The van der Waals surface area contributed by atoms with E-state index >= 15 is 0 Å². The monoisotopic (exact) mass is 219 g/mol. The summed E-state index contributed by atoms with van der Waals surface area (Å²) in [5.74, 6) is -0.219. The van der Waals surface area contributed by atoms with Crippen LogP contribution in [0, 0.1) is 12.7 Å². The number of aryl methyl sites for hydroxylation is 1. The highest BCUT2D eigenvalue weighted by atomic mass is 19.1. The fourth-order valence-electron chi connectivity index (χ4n) is 1.48. The SMILES string of the molecule is Cc1c(CNc2ccc(F)cc2)cnn1C. The average molecular weight is 219 g/mol. The number of hydrogen-bond acceptors (Lipinski definition) is 2. The Kier molecular flexibility index (Phi) is 2.90. The number of rotatable bonds is 3. The summed E-state index contributed by atoms with van der Waals surface area (Å²) in [4.78, 5) is 0. The Morgan fingerprint density at radius 1 is 1.31 bits per heavy atom. The molecule has 1 heterocycles. The molecule has 1 aromatic carbocycles. The van der Waals surface area contributed by atoms with Crippen molar-refractivity contribution in [3.05, 3.63) is 47.5 Å². The van der Waals surface area contributed by atoms with Crippen LogP contribution in [-0.2, 0) is 13.6 Å². The number of hydrogen-bond donors (Lipinski definition) is 1. The first-order chi connectivity index (χ1) is 7.66. The summed E-state index contributed by atoms with van der Waals surface area (Å²) < 4.78 is 14.5. The van der Waals surface area contributed by atoms with Crippen LogP contribution >= 0.6 is 0 Å². The maximum absolute atomic E-state index is 12.7. The zero-order valence-electron chi connectivity index (χ0n) is 9.37. The summed E-state index contributed by atoms with van der Waals surface area (Å²) in [6.07, 6.45) is 1.84. The zero-order chi connectivity index (χ0) is 11.5. The van der Waals surface area contributed by atoms with Gasteiger partial charge in [-0.25, -0.2) is 4.39 Å². The highest BCUT2D eigenvalue weighted by Gasteiger charge is 2.02. The summed E-state index contributed by atoms with van der Waals surface area (Å²) in [5, 5.41) is 7.38. The van der Waals surface area contributed by atoms with Crippen LogP contribution in [-0.4, -0.2) is 9.78 Å². The minimum atomic E-state index is -0.219. The van der Waals surface area contributed by atoms with Crippen LogP contribution in [0.15, 0.2) is 30.5 Å². The van der Waals surface area contributed by atoms with E-state index in [0.717, 1.165) is 16.9 Å². The van der Waals surface area contributed by atoms with Gasteiger partial charge in [0, 0.05) is 30.5 Å². The Hall–Kier alpha value is -1.84. The summed E-state index contributed by atoms with van der Waals surface area (Å²) in [6.45, 7) is 2.72. The van der Waals surface area contributed by atoms with Gasteiger partial charge < -0.3 is 5.32 Å². The molecule has 0 amide bonds. The Balaban J connectivity index is 2.02. The van der Waals surface area contributed by atoms with Crippen molar-refractivity contribution in [3.63, 3.8) is 0 Å². The van der Waals surface area contributed by atoms with Crippen LogP contribution in [0.3, 0.4) is 0 Å². The van der Waals surface area contributed by atoms with Gasteiger partial charge in [-0.2, -0.15) is 5.10 Å². The number of anilines is 1. The Labute approximate surface area is 93.9 Å². The number of halogens is 1. The van der Waals surface area contributed by atoms with Gasteiger partial charge >= 0.3 is 0 Å². The highest BCUT2D eigenvalue weighted by Crippen LogP contribution is 2.12. The lowest BCUT2D eigenvalue weighted by Crippen LogP contribution is -2.01. The van der Waals surface area contributed by atoms with Gasteiger partial charge in [0.2, 0.25) is 0 Å². The second-order valence-electron chi connectivity index (χ2n) is 3.74. The van der Waals surface area contributed by atoms with Crippen molar-refractivity contribution in [2.45, 2.75) is 13.5 Å². The molecule has 16 heavy (non-hydrogen) atoms. The fraction of sp³-hybridized carbons (Fsp3) is 0.250. The largest absolute Gasteiger partial charge is 0.381 e. The van der Waals surface area contributed by atoms with Gasteiger partial charge in [0.25, 0.3) is 0 Å². The van der Waals surface area contributed by atoms with Crippen molar-refractivity contribution >= 4 is 5.69 Å². The van der Waals surface area contributed by atoms with E-state index in [0.29, 0.717) is 6.54 Å². The molecular weight excluding hydrogens is 205 g/mol. The van der Waals surface area contributed by atoms with Gasteiger partial charge in [-0.3, -0.25) is 4.68 Å². The predicted octanol–water partition coefficient (Wildman–Crippen LogP) is 2.48. The maximum atomic E-state index is 12.7. The molecule has 0 unspecified atom stereocenters. The molecule has 0 aliphatic carbocycles.